The Morgan fingerprint density at radius 1 is 0.971 bits per heavy atom. The van der Waals surface area contributed by atoms with E-state index in [0.717, 1.165) is 25.2 Å². The molecule has 0 saturated heterocycles. The fourth-order valence-electron chi connectivity index (χ4n) is 3.43. The maximum Gasteiger partial charge on any atom is 0.433 e. The zero-order chi connectivity index (χ0) is 26.1. The predicted octanol–water partition coefficient (Wildman–Crippen LogP) is 5.40. The summed E-state index contributed by atoms with van der Waals surface area (Å²) in [5, 5.41) is 12.7. The molecule has 2 aromatic carbocycles. The third-order valence-corrected chi connectivity index (χ3v) is 5.05. The van der Waals surface area contributed by atoms with Crippen molar-refractivity contribution >= 4 is 17.6 Å². The number of halogens is 6. The summed E-state index contributed by atoms with van der Waals surface area (Å²) in [4.78, 5) is 27.6. The second kappa shape index (κ2) is 9.35. The largest absolute Gasteiger partial charge is 0.478 e. The minimum atomic E-state index is -4.99. The number of aryl methyl sites for hydroxylation is 1. The van der Waals surface area contributed by atoms with Gasteiger partial charge in [-0.1, -0.05) is 30.3 Å². The highest BCUT2D eigenvalue weighted by atomic mass is 19.4. The summed E-state index contributed by atoms with van der Waals surface area (Å²) in [5.41, 5.74) is -3.38. The van der Waals surface area contributed by atoms with Crippen molar-refractivity contribution in [1.82, 2.24) is 9.78 Å². The van der Waals surface area contributed by atoms with Gasteiger partial charge in [0.05, 0.1) is 22.4 Å². The molecule has 0 unspecified atom stereocenters. The zero-order valence-electron chi connectivity index (χ0n) is 18.2. The molecule has 0 spiro atoms. The summed E-state index contributed by atoms with van der Waals surface area (Å²) in [7, 11) is 0.969. The van der Waals surface area contributed by atoms with Gasteiger partial charge in [0, 0.05) is 19.2 Å². The number of aliphatic imine (C=N–C) groups is 1. The molecule has 1 N–H and O–H groups in total. The molecule has 0 saturated carbocycles. The second-order valence-corrected chi connectivity index (χ2v) is 7.55. The number of carbonyl (C=O) groups excluding carboxylic acids is 1. The molecule has 0 aliphatic rings. The first-order valence-electron chi connectivity index (χ1n) is 9.91. The zero-order valence-corrected chi connectivity index (χ0v) is 18.2. The maximum atomic E-state index is 13.8. The Morgan fingerprint density at radius 2 is 1.57 bits per heavy atom. The number of carboxylic acid groups (broad SMARTS) is 1. The fraction of sp³-hybridized carbons (Fsp3) is 0.217. The number of nitrogens with zero attached hydrogens (tertiary/aromatic N) is 3. The van der Waals surface area contributed by atoms with Crippen LogP contribution in [0.4, 0.5) is 26.3 Å². The number of rotatable bonds is 5. The average molecular weight is 497 g/mol. The molecule has 3 aromatic rings. The van der Waals surface area contributed by atoms with Crippen LogP contribution in [0.3, 0.4) is 0 Å². The summed E-state index contributed by atoms with van der Waals surface area (Å²) in [5.74, 6) is -2.47. The summed E-state index contributed by atoms with van der Waals surface area (Å²) in [6.07, 6.45) is -10.1. The summed E-state index contributed by atoms with van der Waals surface area (Å²) in [6, 6.07) is 9.14. The Hall–Kier alpha value is -3.96. The summed E-state index contributed by atoms with van der Waals surface area (Å²) < 4.78 is 80.8. The van der Waals surface area contributed by atoms with Gasteiger partial charge in [0.25, 0.3) is 5.91 Å². The number of hydrogen-bond acceptors (Lipinski definition) is 3. The monoisotopic (exact) mass is 497 g/mol. The first kappa shape index (κ1) is 25.7. The van der Waals surface area contributed by atoms with Gasteiger partial charge in [0.2, 0.25) is 0 Å². The Labute approximate surface area is 194 Å². The van der Waals surface area contributed by atoms with Crippen molar-refractivity contribution in [3.8, 4) is 0 Å². The van der Waals surface area contributed by atoms with E-state index in [1.54, 1.807) is 0 Å². The van der Waals surface area contributed by atoms with Crippen molar-refractivity contribution in [3.63, 3.8) is 0 Å². The third-order valence-electron chi connectivity index (χ3n) is 5.05. The third kappa shape index (κ3) is 5.76. The number of amides is 1. The van der Waals surface area contributed by atoms with Gasteiger partial charge in [-0.15, -0.1) is 0 Å². The van der Waals surface area contributed by atoms with Gasteiger partial charge in [0.15, 0.2) is 5.69 Å². The van der Waals surface area contributed by atoms with Gasteiger partial charge in [0.1, 0.15) is 0 Å². The lowest BCUT2D eigenvalue weighted by Crippen LogP contribution is -2.17. The van der Waals surface area contributed by atoms with Crippen LogP contribution < -0.4 is 0 Å². The van der Waals surface area contributed by atoms with Crippen molar-refractivity contribution in [2.45, 2.75) is 25.7 Å². The van der Waals surface area contributed by atoms with Crippen LogP contribution in [0.25, 0.3) is 0 Å². The van der Waals surface area contributed by atoms with Crippen LogP contribution >= 0.6 is 0 Å². The van der Waals surface area contributed by atoms with Crippen molar-refractivity contribution in [2.24, 2.45) is 12.0 Å². The van der Waals surface area contributed by atoms with Crippen LogP contribution in [0, 0.1) is 0 Å². The van der Waals surface area contributed by atoms with E-state index in [-0.39, 0.29) is 22.5 Å². The van der Waals surface area contributed by atoms with Crippen LogP contribution in [-0.4, -0.2) is 32.5 Å². The fourth-order valence-corrected chi connectivity index (χ4v) is 3.43. The van der Waals surface area contributed by atoms with Crippen LogP contribution in [0.15, 0.2) is 53.5 Å². The number of aromatic carboxylic acids is 1. The molecule has 0 bridgehead atoms. The highest BCUT2D eigenvalue weighted by molar-refractivity contribution is 6.10. The van der Waals surface area contributed by atoms with Crippen molar-refractivity contribution in [3.05, 3.63) is 87.7 Å². The van der Waals surface area contributed by atoms with Gasteiger partial charge < -0.3 is 5.11 Å². The topological polar surface area (TPSA) is 84.5 Å². The van der Waals surface area contributed by atoms with Crippen LogP contribution in [-0.2, 0) is 25.8 Å². The van der Waals surface area contributed by atoms with Crippen molar-refractivity contribution in [2.75, 3.05) is 0 Å². The van der Waals surface area contributed by atoms with Gasteiger partial charge in [-0.3, -0.25) is 9.48 Å². The summed E-state index contributed by atoms with van der Waals surface area (Å²) in [6.45, 7) is 1.35. The lowest BCUT2D eigenvalue weighted by Gasteiger charge is -2.10. The van der Waals surface area contributed by atoms with Gasteiger partial charge in [-0.2, -0.15) is 31.4 Å². The van der Waals surface area contributed by atoms with Crippen LogP contribution in [0.1, 0.15) is 55.7 Å². The Balaban J connectivity index is 2.05. The molecule has 35 heavy (non-hydrogen) atoms. The van der Waals surface area contributed by atoms with Gasteiger partial charge in [-0.05, 0) is 36.2 Å². The van der Waals surface area contributed by atoms with Crippen LogP contribution in [0.2, 0.25) is 0 Å². The first-order chi connectivity index (χ1) is 16.2. The summed E-state index contributed by atoms with van der Waals surface area (Å²) >= 11 is 0. The number of hydrogen-bond donors (Lipinski definition) is 1. The number of alkyl halides is 6. The highest BCUT2D eigenvalue weighted by Crippen LogP contribution is 2.35. The standard InChI is InChI=1S/C23H17F6N3O3/c1-12(14-6-8-15(9-7-14)21(34)35)30-20(33)18-17(31-32(2)19(18)23(27,28)29)11-13-4-3-5-16(10-13)22(24,25)26/h3-10H,11H2,1-2H3,(H,34,35). The van der Waals surface area contributed by atoms with E-state index >= 15 is 0 Å². The number of carbonyl (C=O) groups is 2. The highest BCUT2D eigenvalue weighted by Gasteiger charge is 2.41. The van der Waals surface area contributed by atoms with E-state index in [2.05, 4.69) is 10.1 Å². The Bertz CT molecular complexity index is 1310. The van der Waals surface area contributed by atoms with Crippen molar-refractivity contribution in [1.29, 1.82) is 0 Å². The van der Waals surface area contributed by atoms with E-state index in [9.17, 15) is 35.9 Å². The predicted molar refractivity (Wildman–Crippen MR) is 112 cm³/mol. The lowest BCUT2D eigenvalue weighted by atomic mass is 10.0. The molecule has 0 fully saturated rings. The lowest BCUT2D eigenvalue weighted by molar-refractivity contribution is -0.144. The molecule has 1 aromatic heterocycles. The molecule has 12 heteroatoms. The normalized spacial score (nSPS) is 12.6. The average Bonchev–Trinajstić information content (AvgIpc) is 3.09. The molecule has 3 rings (SSSR count). The van der Waals surface area contributed by atoms with E-state index in [1.165, 1.54) is 37.3 Å². The maximum absolute atomic E-state index is 13.8. The number of carboxylic acids is 1. The van der Waals surface area contributed by atoms with E-state index in [1.807, 2.05) is 0 Å². The van der Waals surface area contributed by atoms with Crippen LogP contribution in [0.5, 0.6) is 0 Å². The SMILES string of the molecule is CC(=NC(=O)c1c(Cc2cccc(C(F)(F)F)c2)nn(C)c1C(F)(F)F)c1ccc(C(=O)O)cc1. The number of aromatic nitrogens is 2. The van der Waals surface area contributed by atoms with E-state index in [0.29, 0.717) is 10.2 Å². The molecule has 1 heterocycles. The minimum absolute atomic E-state index is 0.00524. The number of benzene rings is 2. The smallest absolute Gasteiger partial charge is 0.433 e. The quantitative estimate of drug-likeness (QED) is 0.378. The Morgan fingerprint density at radius 3 is 2.11 bits per heavy atom. The second-order valence-electron chi connectivity index (χ2n) is 7.55. The Kier molecular flexibility index (Phi) is 6.86. The molecule has 184 valence electrons. The molecule has 1 amide bonds. The molecule has 0 radical (unpaired) electrons. The van der Waals surface area contributed by atoms with Gasteiger partial charge in [-0.25, -0.2) is 9.79 Å². The van der Waals surface area contributed by atoms with E-state index < -0.39 is 47.5 Å². The van der Waals surface area contributed by atoms with Gasteiger partial charge >= 0.3 is 18.3 Å². The van der Waals surface area contributed by atoms with Crippen molar-refractivity contribution < 1.29 is 41.0 Å². The van der Waals surface area contributed by atoms with E-state index in [4.69, 9.17) is 5.11 Å². The molecular formula is C23H17F6N3O3. The molecule has 6 nitrogen and oxygen atoms in total. The molecule has 0 aliphatic carbocycles. The minimum Gasteiger partial charge on any atom is -0.478 e. The molecule has 0 atom stereocenters. The molecule has 0 aliphatic heterocycles. The first-order valence-corrected chi connectivity index (χ1v) is 9.91. The molecular weight excluding hydrogens is 480 g/mol.